The minimum absolute atomic E-state index is 0.133. The maximum Gasteiger partial charge on any atom is 0.264 e. The molecule has 36 heavy (non-hydrogen) atoms. The third kappa shape index (κ3) is 5.90. The number of ether oxygens (including phenoxy) is 1. The number of hydrogen-bond donors (Lipinski definition) is 1. The molecular formula is C29H34N2O4S. The van der Waals surface area contributed by atoms with E-state index >= 15 is 0 Å². The highest BCUT2D eigenvalue weighted by Gasteiger charge is 2.28. The summed E-state index contributed by atoms with van der Waals surface area (Å²) in [6.45, 7) is 4.09. The number of nitrogens with one attached hydrogen (secondary N) is 1. The first-order valence-corrected chi connectivity index (χ1v) is 14.1. The van der Waals surface area contributed by atoms with E-state index in [1.165, 1.54) is 36.1 Å². The van der Waals surface area contributed by atoms with Crippen LogP contribution in [0.3, 0.4) is 0 Å². The van der Waals surface area contributed by atoms with Gasteiger partial charge in [-0.05, 0) is 92.1 Å². The SMILES string of the molecule is CCOc1ccc(N(CC(=O)NC(CC)c2ccc3c(c2)CCCC3)S(=O)(=O)c2ccccc2)cc1. The molecule has 7 heteroatoms. The first-order valence-electron chi connectivity index (χ1n) is 12.6. The summed E-state index contributed by atoms with van der Waals surface area (Å²) >= 11 is 0. The Labute approximate surface area is 214 Å². The number of hydrogen-bond acceptors (Lipinski definition) is 4. The Hall–Kier alpha value is -3.32. The molecule has 4 rings (SSSR count). The molecule has 1 amide bonds. The molecule has 0 radical (unpaired) electrons. The van der Waals surface area contributed by atoms with Gasteiger partial charge in [0.1, 0.15) is 12.3 Å². The Kier molecular flexibility index (Phi) is 8.31. The highest BCUT2D eigenvalue weighted by Crippen LogP contribution is 2.28. The number of benzene rings is 3. The van der Waals surface area contributed by atoms with Crippen LogP contribution in [0.1, 0.15) is 55.8 Å². The van der Waals surface area contributed by atoms with Gasteiger partial charge in [0.05, 0.1) is 23.2 Å². The van der Waals surface area contributed by atoms with Gasteiger partial charge >= 0.3 is 0 Å². The molecule has 1 aliphatic rings. The van der Waals surface area contributed by atoms with Crippen molar-refractivity contribution < 1.29 is 17.9 Å². The number of carbonyl (C=O) groups is 1. The third-order valence-corrected chi connectivity index (χ3v) is 8.36. The van der Waals surface area contributed by atoms with Crippen molar-refractivity contribution in [1.82, 2.24) is 5.32 Å². The van der Waals surface area contributed by atoms with E-state index in [1.807, 2.05) is 13.8 Å². The van der Waals surface area contributed by atoms with Gasteiger partial charge in [0.25, 0.3) is 10.0 Å². The Bertz CT molecular complexity index is 1270. The predicted octanol–water partition coefficient (Wildman–Crippen LogP) is 5.43. The quantitative estimate of drug-likeness (QED) is 0.398. The molecular weight excluding hydrogens is 472 g/mol. The molecule has 0 spiro atoms. The van der Waals surface area contributed by atoms with Crippen LogP contribution in [0.4, 0.5) is 5.69 Å². The van der Waals surface area contributed by atoms with Crippen molar-refractivity contribution in [1.29, 1.82) is 0 Å². The number of anilines is 1. The Balaban J connectivity index is 1.58. The van der Waals surface area contributed by atoms with Gasteiger partial charge in [-0.3, -0.25) is 9.10 Å². The van der Waals surface area contributed by atoms with E-state index in [0.29, 0.717) is 24.5 Å². The first kappa shape index (κ1) is 25.8. The number of rotatable bonds is 10. The van der Waals surface area contributed by atoms with Crippen molar-refractivity contribution in [3.63, 3.8) is 0 Å². The van der Waals surface area contributed by atoms with Crippen LogP contribution in [-0.2, 0) is 27.7 Å². The molecule has 6 nitrogen and oxygen atoms in total. The van der Waals surface area contributed by atoms with Crippen molar-refractivity contribution in [3.05, 3.63) is 89.5 Å². The molecule has 0 aliphatic heterocycles. The molecule has 0 saturated heterocycles. The molecule has 0 fully saturated rings. The minimum Gasteiger partial charge on any atom is -0.494 e. The number of nitrogens with zero attached hydrogens (tertiary/aromatic N) is 1. The summed E-state index contributed by atoms with van der Waals surface area (Å²) in [5.41, 5.74) is 4.21. The topological polar surface area (TPSA) is 75.7 Å². The predicted molar refractivity (Wildman–Crippen MR) is 143 cm³/mol. The number of aryl methyl sites for hydroxylation is 2. The van der Waals surface area contributed by atoms with Crippen LogP contribution in [0.2, 0.25) is 0 Å². The van der Waals surface area contributed by atoms with Crippen LogP contribution in [0.15, 0.2) is 77.7 Å². The van der Waals surface area contributed by atoms with Crippen LogP contribution in [0.25, 0.3) is 0 Å². The van der Waals surface area contributed by atoms with Crippen LogP contribution in [-0.4, -0.2) is 27.5 Å². The fourth-order valence-corrected chi connectivity index (χ4v) is 6.11. The number of sulfonamides is 1. The van der Waals surface area contributed by atoms with Gasteiger partial charge in [0.15, 0.2) is 0 Å². The van der Waals surface area contributed by atoms with Gasteiger partial charge in [-0.25, -0.2) is 8.42 Å². The monoisotopic (exact) mass is 506 g/mol. The molecule has 0 aromatic heterocycles. The lowest BCUT2D eigenvalue weighted by atomic mass is 9.89. The highest BCUT2D eigenvalue weighted by atomic mass is 32.2. The molecule has 3 aromatic carbocycles. The average Bonchev–Trinajstić information content (AvgIpc) is 2.91. The van der Waals surface area contributed by atoms with Gasteiger partial charge in [0.2, 0.25) is 5.91 Å². The minimum atomic E-state index is -3.96. The van der Waals surface area contributed by atoms with Crippen LogP contribution < -0.4 is 14.4 Å². The second kappa shape index (κ2) is 11.6. The molecule has 1 atom stereocenters. The first-order chi connectivity index (χ1) is 17.4. The van der Waals surface area contributed by atoms with Crippen LogP contribution >= 0.6 is 0 Å². The van der Waals surface area contributed by atoms with Crippen molar-refractivity contribution >= 4 is 21.6 Å². The Morgan fingerprint density at radius 3 is 2.31 bits per heavy atom. The van der Waals surface area contributed by atoms with E-state index < -0.39 is 10.0 Å². The van der Waals surface area contributed by atoms with E-state index in [9.17, 15) is 13.2 Å². The summed E-state index contributed by atoms with van der Waals surface area (Å²) < 4.78 is 33.8. The van der Waals surface area contributed by atoms with Crippen molar-refractivity contribution in [2.75, 3.05) is 17.5 Å². The largest absolute Gasteiger partial charge is 0.494 e. The zero-order valence-corrected chi connectivity index (χ0v) is 21.8. The van der Waals surface area contributed by atoms with E-state index in [-0.39, 0.29) is 23.4 Å². The molecule has 1 unspecified atom stereocenters. The fourth-order valence-electron chi connectivity index (χ4n) is 4.67. The van der Waals surface area contributed by atoms with Crippen molar-refractivity contribution in [2.45, 2.75) is 56.9 Å². The summed E-state index contributed by atoms with van der Waals surface area (Å²) in [7, 11) is -3.96. The molecule has 1 N–H and O–H groups in total. The second-order valence-electron chi connectivity index (χ2n) is 9.02. The zero-order chi connectivity index (χ0) is 25.5. The van der Waals surface area contributed by atoms with Crippen molar-refractivity contribution in [3.8, 4) is 5.75 Å². The lowest BCUT2D eigenvalue weighted by molar-refractivity contribution is -0.120. The smallest absolute Gasteiger partial charge is 0.264 e. The van der Waals surface area contributed by atoms with Crippen LogP contribution in [0, 0.1) is 0 Å². The van der Waals surface area contributed by atoms with Gasteiger partial charge in [-0.2, -0.15) is 0 Å². The maximum absolute atomic E-state index is 13.6. The number of fused-ring (bicyclic) bond motifs is 1. The molecule has 190 valence electrons. The number of amides is 1. The van der Waals surface area contributed by atoms with E-state index in [4.69, 9.17) is 4.74 Å². The summed E-state index contributed by atoms with van der Waals surface area (Å²) in [6, 6.07) is 21.2. The maximum atomic E-state index is 13.6. The Morgan fingerprint density at radius 1 is 0.944 bits per heavy atom. The second-order valence-corrected chi connectivity index (χ2v) is 10.9. The lowest BCUT2D eigenvalue weighted by Crippen LogP contribution is -2.42. The average molecular weight is 507 g/mol. The van der Waals surface area contributed by atoms with Gasteiger partial charge in [0, 0.05) is 0 Å². The lowest BCUT2D eigenvalue weighted by Gasteiger charge is -2.26. The van der Waals surface area contributed by atoms with E-state index in [1.54, 1.807) is 42.5 Å². The van der Waals surface area contributed by atoms with Gasteiger partial charge in [-0.15, -0.1) is 0 Å². The van der Waals surface area contributed by atoms with Crippen molar-refractivity contribution in [2.24, 2.45) is 0 Å². The van der Waals surface area contributed by atoms with E-state index in [0.717, 1.165) is 22.7 Å². The fraction of sp³-hybridized carbons (Fsp3) is 0.345. The standard InChI is InChI=1S/C29H34N2O4S/c1-3-28(24-15-14-22-10-8-9-11-23(22)20-24)30-29(32)21-31(25-16-18-26(19-17-25)35-4-2)36(33,34)27-12-6-5-7-13-27/h5-7,12-20,28H,3-4,8-11,21H2,1-2H3,(H,30,32). The summed E-state index contributed by atoms with van der Waals surface area (Å²) in [5, 5.41) is 3.08. The normalized spacial score (nSPS) is 13.9. The molecule has 1 aliphatic carbocycles. The van der Waals surface area contributed by atoms with E-state index in [2.05, 4.69) is 23.5 Å². The summed E-state index contributed by atoms with van der Waals surface area (Å²) in [6.07, 6.45) is 5.28. The molecule has 0 saturated carbocycles. The zero-order valence-electron chi connectivity index (χ0n) is 20.9. The van der Waals surface area contributed by atoms with Gasteiger partial charge in [-0.1, -0.05) is 43.3 Å². The summed E-state index contributed by atoms with van der Waals surface area (Å²) in [4.78, 5) is 13.4. The number of carbonyl (C=O) groups excluding carboxylic acids is 1. The summed E-state index contributed by atoms with van der Waals surface area (Å²) in [5.74, 6) is 0.286. The Morgan fingerprint density at radius 2 is 1.64 bits per heavy atom. The highest BCUT2D eigenvalue weighted by molar-refractivity contribution is 7.92. The molecule has 3 aromatic rings. The third-order valence-electron chi connectivity index (χ3n) is 6.57. The molecule has 0 bridgehead atoms. The van der Waals surface area contributed by atoms with Crippen LogP contribution in [0.5, 0.6) is 5.75 Å². The van der Waals surface area contributed by atoms with Gasteiger partial charge < -0.3 is 10.1 Å². The molecule has 0 heterocycles.